The standard InChI is InChI=1S/C25H21N5O2/c31-25-20(13-16(15-27-25)18-7-8-26-21-4-2-1-3-19(18)21)24-28-22-6-5-17(14-23(22)29-24)30-9-11-32-12-10-30/h1-8,13-15H,9-12H2,(H,27,31)(H,28,29). The Morgan fingerprint density at radius 1 is 0.938 bits per heavy atom. The Hall–Kier alpha value is -3.97. The summed E-state index contributed by atoms with van der Waals surface area (Å²) in [5.74, 6) is 0.556. The highest BCUT2D eigenvalue weighted by Crippen LogP contribution is 2.29. The van der Waals surface area contributed by atoms with Crippen molar-refractivity contribution in [3.63, 3.8) is 0 Å². The number of imidazole rings is 1. The van der Waals surface area contributed by atoms with Gasteiger partial charge in [-0.1, -0.05) is 18.2 Å². The minimum Gasteiger partial charge on any atom is -0.378 e. The fourth-order valence-electron chi connectivity index (χ4n) is 4.31. The molecular formula is C25H21N5O2. The molecule has 6 rings (SSSR count). The SMILES string of the molecule is O=c1[nH]cc(-c2ccnc3ccccc23)cc1-c1nc2ccc(N3CCOCC3)cc2[nH]1. The van der Waals surface area contributed by atoms with Crippen LogP contribution in [0.2, 0.25) is 0 Å². The molecule has 5 aromatic rings. The van der Waals surface area contributed by atoms with E-state index in [1.165, 1.54) is 0 Å². The molecular weight excluding hydrogens is 402 g/mol. The number of aromatic nitrogens is 4. The molecule has 0 saturated carbocycles. The third kappa shape index (κ3) is 3.23. The molecule has 0 bridgehead atoms. The molecule has 0 unspecified atom stereocenters. The molecule has 0 amide bonds. The molecule has 1 aliphatic heterocycles. The van der Waals surface area contributed by atoms with Crippen molar-refractivity contribution in [3.05, 3.63) is 77.3 Å². The number of pyridine rings is 2. The van der Waals surface area contributed by atoms with Crippen molar-refractivity contribution < 1.29 is 4.74 Å². The van der Waals surface area contributed by atoms with Gasteiger partial charge in [0, 0.05) is 36.6 Å². The Kier molecular flexibility index (Phi) is 4.47. The van der Waals surface area contributed by atoms with Crippen molar-refractivity contribution in [2.45, 2.75) is 0 Å². The number of benzene rings is 2. The molecule has 158 valence electrons. The first-order valence-corrected chi connectivity index (χ1v) is 10.7. The van der Waals surface area contributed by atoms with Crippen molar-refractivity contribution in [1.29, 1.82) is 0 Å². The van der Waals surface area contributed by atoms with Crippen LogP contribution in [0.5, 0.6) is 0 Å². The third-order valence-corrected chi connectivity index (χ3v) is 5.96. The summed E-state index contributed by atoms with van der Waals surface area (Å²) in [6, 6.07) is 18.0. The molecule has 0 spiro atoms. The summed E-state index contributed by atoms with van der Waals surface area (Å²) in [6.45, 7) is 3.21. The summed E-state index contributed by atoms with van der Waals surface area (Å²) >= 11 is 0. The number of rotatable bonds is 3. The molecule has 1 fully saturated rings. The fraction of sp³-hybridized carbons (Fsp3) is 0.160. The zero-order chi connectivity index (χ0) is 21.5. The average Bonchev–Trinajstić information content (AvgIpc) is 3.28. The summed E-state index contributed by atoms with van der Waals surface area (Å²) in [7, 11) is 0. The summed E-state index contributed by atoms with van der Waals surface area (Å²) < 4.78 is 5.45. The van der Waals surface area contributed by atoms with E-state index >= 15 is 0 Å². The second kappa shape index (κ2) is 7.62. The van der Waals surface area contributed by atoms with Crippen LogP contribution in [0.4, 0.5) is 5.69 Å². The molecule has 4 heterocycles. The minimum absolute atomic E-state index is 0.181. The first-order valence-electron chi connectivity index (χ1n) is 10.7. The van der Waals surface area contributed by atoms with Crippen molar-refractivity contribution >= 4 is 27.6 Å². The number of morpholine rings is 1. The average molecular weight is 423 g/mol. The molecule has 32 heavy (non-hydrogen) atoms. The number of aromatic amines is 2. The predicted molar refractivity (Wildman–Crippen MR) is 126 cm³/mol. The van der Waals surface area contributed by atoms with Gasteiger partial charge in [-0.25, -0.2) is 4.98 Å². The van der Waals surface area contributed by atoms with E-state index in [2.05, 4.69) is 32.0 Å². The number of hydrogen-bond donors (Lipinski definition) is 2. The molecule has 3 aromatic heterocycles. The molecule has 7 heteroatoms. The lowest BCUT2D eigenvalue weighted by Gasteiger charge is -2.28. The number of fused-ring (bicyclic) bond motifs is 2. The van der Waals surface area contributed by atoms with Crippen molar-refractivity contribution in [3.8, 4) is 22.5 Å². The fourth-order valence-corrected chi connectivity index (χ4v) is 4.31. The predicted octanol–water partition coefficient (Wildman–Crippen LogP) is 3.97. The van der Waals surface area contributed by atoms with E-state index in [-0.39, 0.29) is 5.56 Å². The van der Waals surface area contributed by atoms with Crippen LogP contribution in [0.3, 0.4) is 0 Å². The van der Waals surface area contributed by atoms with E-state index in [0.29, 0.717) is 11.4 Å². The number of anilines is 1. The molecule has 2 N–H and O–H groups in total. The molecule has 7 nitrogen and oxygen atoms in total. The van der Waals surface area contributed by atoms with E-state index in [1.54, 1.807) is 12.4 Å². The van der Waals surface area contributed by atoms with Gasteiger partial charge >= 0.3 is 0 Å². The number of hydrogen-bond acceptors (Lipinski definition) is 5. The molecule has 1 saturated heterocycles. The number of H-pyrrole nitrogens is 2. The van der Waals surface area contributed by atoms with Gasteiger partial charge in [-0.05, 0) is 47.5 Å². The van der Waals surface area contributed by atoms with Crippen LogP contribution in [0, 0.1) is 0 Å². The highest BCUT2D eigenvalue weighted by Gasteiger charge is 2.15. The molecule has 0 radical (unpaired) electrons. The summed E-state index contributed by atoms with van der Waals surface area (Å²) in [5, 5.41) is 1.03. The summed E-state index contributed by atoms with van der Waals surface area (Å²) in [4.78, 5) is 30.4. The first-order chi connectivity index (χ1) is 15.8. The number of para-hydroxylation sites is 1. The van der Waals surface area contributed by atoms with E-state index in [9.17, 15) is 4.79 Å². The second-order valence-corrected chi connectivity index (χ2v) is 7.89. The molecule has 1 aliphatic rings. The van der Waals surface area contributed by atoms with Gasteiger partial charge in [-0.3, -0.25) is 9.78 Å². The van der Waals surface area contributed by atoms with E-state index in [0.717, 1.165) is 65.1 Å². The van der Waals surface area contributed by atoms with Gasteiger partial charge in [-0.15, -0.1) is 0 Å². The Balaban J connectivity index is 1.43. The van der Waals surface area contributed by atoms with Crippen LogP contribution >= 0.6 is 0 Å². The van der Waals surface area contributed by atoms with Crippen molar-refractivity contribution in [1.82, 2.24) is 19.9 Å². The summed E-state index contributed by atoms with van der Waals surface area (Å²) in [5.41, 5.74) is 6.02. The number of nitrogens with zero attached hydrogens (tertiary/aromatic N) is 3. The van der Waals surface area contributed by atoms with Gasteiger partial charge in [0.25, 0.3) is 5.56 Å². The van der Waals surface area contributed by atoms with Gasteiger partial charge in [0.05, 0.1) is 35.3 Å². The smallest absolute Gasteiger partial charge is 0.259 e. The minimum atomic E-state index is -0.181. The number of nitrogens with one attached hydrogen (secondary N) is 2. The molecule has 0 atom stereocenters. The van der Waals surface area contributed by atoms with Crippen LogP contribution in [0.1, 0.15) is 0 Å². The van der Waals surface area contributed by atoms with E-state index < -0.39 is 0 Å². The van der Waals surface area contributed by atoms with Gasteiger partial charge in [0.1, 0.15) is 5.82 Å². The monoisotopic (exact) mass is 423 g/mol. The lowest BCUT2D eigenvalue weighted by molar-refractivity contribution is 0.122. The largest absolute Gasteiger partial charge is 0.378 e. The highest BCUT2D eigenvalue weighted by atomic mass is 16.5. The summed E-state index contributed by atoms with van der Waals surface area (Å²) in [6.07, 6.45) is 3.53. The van der Waals surface area contributed by atoms with Gasteiger partial charge < -0.3 is 19.6 Å². The van der Waals surface area contributed by atoms with Crippen molar-refractivity contribution in [2.24, 2.45) is 0 Å². The van der Waals surface area contributed by atoms with Crippen LogP contribution in [-0.2, 0) is 4.74 Å². The van der Waals surface area contributed by atoms with Gasteiger partial charge in [0.2, 0.25) is 0 Å². The first kappa shape index (κ1) is 18.8. The van der Waals surface area contributed by atoms with Crippen LogP contribution < -0.4 is 10.5 Å². The zero-order valence-electron chi connectivity index (χ0n) is 17.3. The zero-order valence-corrected chi connectivity index (χ0v) is 17.3. The van der Waals surface area contributed by atoms with Gasteiger partial charge in [-0.2, -0.15) is 0 Å². The highest BCUT2D eigenvalue weighted by molar-refractivity contribution is 5.94. The topological polar surface area (TPSA) is 86.9 Å². The van der Waals surface area contributed by atoms with Crippen molar-refractivity contribution in [2.75, 3.05) is 31.2 Å². The van der Waals surface area contributed by atoms with Crippen LogP contribution in [-0.4, -0.2) is 46.2 Å². The number of ether oxygens (including phenoxy) is 1. The third-order valence-electron chi connectivity index (χ3n) is 5.96. The maximum atomic E-state index is 12.7. The lowest BCUT2D eigenvalue weighted by Crippen LogP contribution is -2.36. The van der Waals surface area contributed by atoms with E-state index in [1.807, 2.05) is 42.5 Å². The Bertz CT molecular complexity index is 1490. The maximum absolute atomic E-state index is 12.7. The van der Waals surface area contributed by atoms with Gasteiger partial charge in [0.15, 0.2) is 0 Å². The van der Waals surface area contributed by atoms with E-state index in [4.69, 9.17) is 9.72 Å². The lowest BCUT2D eigenvalue weighted by atomic mass is 10.0. The van der Waals surface area contributed by atoms with Crippen LogP contribution in [0.15, 0.2) is 71.8 Å². The Morgan fingerprint density at radius 2 is 1.81 bits per heavy atom. The van der Waals surface area contributed by atoms with Crippen LogP contribution in [0.25, 0.3) is 44.5 Å². The second-order valence-electron chi connectivity index (χ2n) is 7.89. The molecule has 0 aliphatic carbocycles. The Labute approximate surface area is 183 Å². The Morgan fingerprint density at radius 3 is 2.72 bits per heavy atom. The quantitative estimate of drug-likeness (QED) is 0.459. The normalized spacial score (nSPS) is 14.3. The molecule has 2 aromatic carbocycles. The maximum Gasteiger partial charge on any atom is 0.259 e.